The van der Waals surface area contributed by atoms with Crippen LogP contribution in [-0.4, -0.2) is 36.6 Å². The summed E-state index contributed by atoms with van der Waals surface area (Å²) >= 11 is 0. The van der Waals surface area contributed by atoms with Crippen LogP contribution in [-0.2, 0) is 6.54 Å². The van der Waals surface area contributed by atoms with Crippen LogP contribution in [0.3, 0.4) is 0 Å². The highest BCUT2D eigenvalue weighted by Gasteiger charge is 2.11. The molecule has 0 saturated heterocycles. The third-order valence-electron chi connectivity index (χ3n) is 2.86. The molecule has 0 spiro atoms. The van der Waals surface area contributed by atoms with Crippen molar-refractivity contribution in [2.24, 2.45) is 5.92 Å². The average Bonchev–Trinajstić information content (AvgIpc) is 2.24. The molecule has 0 saturated carbocycles. The van der Waals surface area contributed by atoms with Crippen molar-refractivity contribution in [3.8, 4) is 0 Å². The van der Waals surface area contributed by atoms with Crippen molar-refractivity contribution in [2.75, 3.05) is 20.6 Å². The molecule has 0 aliphatic rings. The molecule has 1 rings (SSSR count). The highest BCUT2D eigenvalue weighted by Crippen LogP contribution is 2.07. The van der Waals surface area contributed by atoms with Crippen LogP contribution in [0.15, 0.2) is 18.2 Å². The van der Waals surface area contributed by atoms with Crippen LogP contribution in [0.5, 0.6) is 0 Å². The molecule has 1 aromatic rings. The van der Waals surface area contributed by atoms with Gasteiger partial charge in [0.25, 0.3) is 0 Å². The van der Waals surface area contributed by atoms with E-state index < -0.39 is 0 Å². The molecule has 0 bridgehead atoms. The number of aryl methyl sites for hydroxylation is 1. The van der Waals surface area contributed by atoms with Gasteiger partial charge >= 0.3 is 0 Å². The second kappa shape index (κ2) is 7.49. The van der Waals surface area contributed by atoms with Crippen LogP contribution in [0.4, 0.5) is 0 Å². The summed E-state index contributed by atoms with van der Waals surface area (Å²) in [7, 11) is 4.25. The Morgan fingerprint density at radius 3 is 2.56 bits per heavy atom. The van der Waals surface area contributed by atoms with Gasteiger partial charge in [-0.05, 0) is 45.5 Å². The van der Waals surface area contributed by atoms with Crippen molar-refractivity contribution in [1.29, 1.82) is 0 Å². The number of hydrogen-bond donors (Lipinski definition) is 1. The lowest BCUT2D eigenvalue weighted by Crippen LogP contribution is -2.39. The van der Waals surface area contributed by atoms with E-state index in [9.17, 15) is 0 Å². The van der Waals surface area contributed by atoms with Crippen LogP contribution < -0.4 is 5.32 Å². The van der Waals surface area contributed by atoms with E-state index in [0.29, 0.717) is 12.0 Å². The Bertz CT molecular complexity index is 337. The number of pyridine rings is 1. The molecule has 0 aliphatic heterocycles. The summed E-state index contributed by atoms with van der Waals surface area (Å²) in [6, 6.07) is 6.72. The van der Waals surface area contributed by atoms with Gasteiger partial charge in [0.2, 0.25) is 0 Å². The zero-order valence-corrected chi connectivity index (χ0v) is 12.4. The van der Waals surface area contributed by atoms with Crippen molar-refractivity contribution in [3.63, 3.8) is 0 Å². The van der Waals surface area contributed by atoms with Gasteiger partial charge in [-0.15, -0.1) is 0 Å². The lowest BCUT2D eigenvalue weighted by molar-refractivity contribution is 0.304. The van der Waals surface area contributed by atoms with Crippen molar-refractivity contribution in [1.82, 2.24) is 15.2 Å². The molecule has 1 N–H and O–H groups in total. The molecule has 0 aromatic carbocycles. The second-order valence-corrected chi connectivity index (χ2v) is 5.74. The van der Waals surface area contributed by atoms with Crippen molar-refractivity contribution in [3.05, 3.63) is 29.6 Å². The van der Waals surface area contributed by atoms with E-state index in [4.69, 9.17) is 0 Å². The third kappa shape index (κ3) is 6.12. The Hall–Kier alpha value is -0.930. The number of nitrogens with zero attached hydrogens (tertiary/aromatic N) is 2. The minimum Gasteiger partial charge on any atom is -0.308 e. The molecule has 0 amide bonds. The van der Waals surface area contributed by atoms with Crippen molar-refractivity contribution >= 4 is 0 Å². The third-order valence-corrected chi connectivity index (χ3v) is 2.86. The summed E-state index contributed by atoms with van der Waals surface area (Å²) < 4.78 is 0. The highest BCUT2D eigenvalue weighted by molar-refractivity contribution is 5.09. The van der Waals surface area contributed by atoms with Crippen molar-refractivity contribution in [2.45, 2.75) is 39.8 Å². The summed E-state index contributed by atoms with van der Waals surface area (Å²) in [6.45, 7) is 8.51. The molecule has 0 fully saturated rings. The molecular weight excluding hydrogens is 222 g/mol. The molecule has 102 valence electrons. The predicted molar refractivity (Wildman–Crippen MR) is 77.6 cm³/mol. The minimum atomic E-state index is 0.530. The Labute approximate surface area is 112 Å². The molecule has 0 radical (unpaired) electrons. The summed E-state index contributed by atoms with van der Waals surface area (Å²) in [4.78, 5) is 6.77. The molecule has 1 heterocycles. The average molecular weight is 249 g/mol. The maximum absolute atomic E-state index is 4.53. The molecule has 1 unspecified atom stereocenters. The Balaban J connectivity index is 2.50. The fourth-order valence-corrected chi connectivity index (χ4v) is 2.18. The monoisotopic (exact) mass is 249 g/mol. The lowest BCUT2D eigenvalue weighted by Gasteiger charge is -2.24. The first-order chi connectivity index (χ1) is 8.47. The molecular formula is C15H27N3. The van der Waals surface area contributed by atoms with Crippen molar-refractivity contribution < 1.29 is 0 Å². The summed E-state index contributed by atoms with van der Waals surface area (Å²) in [5.41, 5.74) is 2.21. The van der Waals surface area contributed by atoms with E-state index in [0.717, 1.165) is 24.5 Å². The topological polar surface area (TPSA) is 28.2 Å². The van der Waals surface area contributed by atoms with E-state index in [1.165, 1.54) is 6.42 Å². The number of aromatic nitrogens is 1. The van der Waals surface area contributed by atoms with Gasteiger partial charge in [-0.25, -0.2) is 0 Å². The van der Waals surface area contributed by atoms with Crippen LogP contribution >= 0.6 is 0 Å². The van der Waals surface area contributed by atoms with Crippen LogP contribution in [0.25, 0.3) is 0 Å². The molecule has 3 nitrogen and oxygen atoms in total. The second-order valence-electron chi connectivity index (χ2n) is 5.74. The maximum Gasteiger partial charge on any atom is 0.0544 e. The van der Waals surface area contributed by atoms with Gasteiger partial charge < -0.3 is 10.2 Å². The van der Waals surface area contributed by atoms with Gasteiger partial charge in [-0.1, -0.05) is 19.9 Å². The number of likely N-dealkylation sites (N-methyl/N-ethyl adjacent to an activating group) is 1. The summed E-state index contributed by atoms with van der Waals surface area (Å²) in [5, 5.41) is 3.62. The van der Waals surface area contributed by atoms with E-state index in [2.05, 4.69) is 55.3 Å². The number of rotatable bonds is 7. The quantitative estimate of drug-likeness (QED) is 0.804. The molecule has 0 aliphatic carbocycles. The first-order valence-corrected chi connectivity index (χ1v) is 6.78. The lowest BCUT2D eigenvalue weighted by atomic mass is 10.0. The van der Waals surface area contributed by atoms with E-state index in [1.807, 2.05) is 13.0 Å². The van der Waals surface area contributed by atoms with E-state index in [-0.39, 0.29) is 0 Å². The van der Waals surface area contributed by atoms with Crippen LogP contribution in [0, 0.1) is 12.8 Å². The fraction of sp³-hybridized carbons (Fsp3) is 0.667. The molecule has 18 heavy (non-hydrogen) atoms. The summed E-state index contributed by atoms with van der Waals surface area (Å²) in [5.74, 6) is 0.716. The molecule has 1 aromatic heterocycles. The molecule has 3 heteroatoms. The largest absolute Gasteiger partial charge is 0.308 e. The van der Waals surface area contributed by atoms with Crippen LogP contribution in [0.2, 0.25) is 0 Å². The minimum absolute atomic E-state index is 0.530. The fourth-order valence-electron chi connectivity index (χ4n) is 2.18. The Morgan fingerprint density at radius 2 is 2.00 bits per heavy atom. The van der Waals surface area contributed by atoms with Gasteiger partial charge in [-0.3, -0.25) is 4.98 Å². The van der Waals surface area contributed by atoms with Gasteiger partial charge in [0.15, 0.2) is 0 Å². The van der Waals surface area contributed by atoms with E-state index >= 15 is 0 Å². The first-order valence-electron chi connectivity index (χ1n) is 6.78. The standard InChI is InChI=1S/C15H27N3/c1-12(2)9-15(11-18(4)5)16-10-14-8-6-7-13(3)17-14/h6-8,12,15-16H,9-11H2,1-5H3. The zero-order valence-electron chi connectivity index (χ0n) is 12.4. The summed E-state index contributed by atoms with van der Waals surface area (Å²) in [6.07, 6.45) is 1.20. The van der Waals surface area contributed by atoms with Gasteiger partial charge in [0.05, 0.1) is 5.69 Å². The van der Waals surface area contributed by atoms with Gasteiger partial charge in [-0.2, -0.15) is 0 Å². The number of nitrogens with one attached hydrogen (secondary N) is 1. The smallest absolute Gasteiger partial charge is 0.0544 e. The SMILES string of the molecule is Cc1cccc(CNC(CC(C)C)CN(C)C)n1. The van der Waals surface area contributed by atoms with Gasteiger partial charge in [0, 0.05) is 24.8 Å². The number of hydrogen-bond acceptors (Lipinski definition) is 3. The zero-order chi connectivity index (χ0) is 13.5. The predicted octanol–water partition coefficient (Wildman–Crippen LogP) is 2.46. The van der Waals surface area contributed by atoms with E-state index in [1.54, 1.807) is 0 Å². The maximum atomic E-state index is 4.53. The van der Waals surface area contributed by atoms with Gasteiger partial charge in [0.1, 0.15) is 0 Å². The Kier molecular flexibility index (Phi) is 6.30. The van der Waals surface area contributed by atoms with Crippen LogP contribution in [0.1, 0.15) is 31.7 Å². The first kappa shape index (κ1) is 15.1. The Morgan fingerprint density at radius 1 is 1.28 bits per heavy atom. The normalized spacial score (nSPS) is 13.3. The molecule has 1 atom stereocenters. The highest BCUT2D eigenvalue weighted by atomic mass is 15.1.